The molecule has 0 spiro atoms. The first-order valence-corrected chi connectivity index (χ1v) is 7.71. The molecule has 114 valence electrons. The van der Waals surface area contributed by atoms with Crippen LogP contribution in [0.4, 0.5) is 0 Å². The van der Waals surface area contributed by atoms with Crippen molar-refractivity contribution < 1.29 is 4.79 Å². The highest BCUT2D eigenvalue weighted by Crippen LogP contribution is 2.27. The molecular formula is C21H14N2O. The summed E-state index contributed by atoms with van der Waals surface area (Å²) in [5.74, 6) is 0. The molecule has 4 rings (SSSR count). The number of allylic oxidation sites excluding steroid dienone is 1. The lowest BCUT2D eigenvalue weighted by Crippen LogP contribution is -1.91. The van der Waals surface area contributed by atoms with Gasteiger partial charge in [-0.15, -0.1) is 0 Å². The van der Waals surface area contributed by atoms with E-state index in [1.807, 2.05) is 36.4 Å². The summed E-state index contributed by atoms with van der Waals surface area (Å²) in [6.45, 7) is 0. The lowest BCUT2D eigenvalue weighted by atomic mass is 9.95. The molecule has 0 amide bonds. The van der Waals surface area contributed by atoms with Crippen LogP contribution in [0.2, 0.25) is 0 Å². The highest BCUT2D eigenvalue weighted by molar-refractivity contribution is 5.95. The normalized spacial score (nSPS) is 11.8. The van der Waals surface area contributed by atoms with Crippen LogP contribution in [0.15, 0.2) is 79.1 Å². The number of hydrogen-bond donors (Lipinski definition) is 0. The van der Waals surface area contributed by atoms with Crippen LogP contribution in [0.25, 0.3) is 27.4 Å². The average Bonchev–Trinajstić information content (AvgIpc) is 2.65. The quantitative estimate of drug-likeness (QED) is 0.416. The Hall–Kier alpha value is -3.33. The van der Waals surface area contributed by atoms with Gasteiger partial charge >= 0.3 is 0 Å². The van der Waals surface area contributed by atoms with Crippen molar-refractivity contribution in [2.45, 2.75) is 0 Å². The summed E-state index contributed by atoms with van der Waals surface area (Å²) in [6.07, 6.45) is 5.77. The van der Waals surface area contributed by atoms with Crippen LogP contribution in [0, 0.1) is 0 Å². The predicted octanol–water partition coefficient (Wildman–Crippen LogP) is 4.41. The van der Waals surface area contributed by atoms with Gasteiger partial charge < -0.3 is 0 Å². The minimum absolute atomic E-state index is 0.813. The molecule has 0 saturated heterocycles. The van der Waals surface area contributed by atoms with Crippen LogP contribution in [-0.2, 0) is 4.79 Å². The average molecular weight is 310 g/mol. The van der Waals surface area contributed by atoms with Crippen molar-refractivity contribution in [1.29, 1.82) is 0 Å². The van der Waals surface area contributed by atoms with Crippen molar-refractivity contribution in [1.82, 2.24) is 9.97 Å². The number of hydrogen-bond acceptors (Lipinski definition) is 3. The van der Waals surface area contributed by atoms with Gasteiger partial charge in [-0.2, -0.15) is 0 Å². The summed E-state index contributed by atoms with van der Waals surface area (Å²) < 4.78 is 0. The molecule has 0 atom stereocenters. The zero-order valence-electron chi connectivity index (χ0n) is 12.9. The number of carbonyl (C=O) groups excluding carboxylic acids is 1. The SMILES string of the molecule is O=CC=C(c1ccc2ccccc2c1)c1ccc2nccnc2c1. The van der Waals surface area contributed by atoms with Crippen molar-refractivity contribution in [3.05, 3.63) is 90.3 Å². The number of rotatable bonds is 3. The first-order valence-electron chi connectivity index (χ1n) is 7.71. The van der Waals surface area contributed by atoms with E-state index in [4.69, 9.17) is 0 Å². The minimum atomic E-state index is 0.813. The van der Waals surface area contributed by atoms with Gasteiger partial charge in [0.1, 0.15) is 6.29 Å². The van der Waals surface area contributed by atoms with Crippen LogP contribution in [0.3, 0.4) is 0 Å². The van der Waals surface area contributed by atoms with Gasteiger partial charge in [-0.3, -0.25) is 14.8 Å². The Kier molecular flexibility index (Phi) is 3.60. The molecule has 3 heteroatoms. The maximum absolute atomic E-state index is 11.2. The van der Waals surface area contributed by atoms with E-state index in [2.05, 4.69) is 34.2 Å². The maximum atomic E-state index is 11.2. The molecular weight excluding hydrogens is 296 g/mol. The molecule has 3 nitrogen and oxygen atoms in total. The zero-order valence-corrected chi connectivity index (χ0v) is 12.9. The van der Waals surface area contributed by atoms with Crippen molar-refractivity contribution >= 4 is 33.7 Å². The Balaban J connectivity index is 1.88. The number of fused-ring (bicyclic) bond motifs is 2. The minimum Gasteiger partial charge on any atom is -0.299 e. The van der Waals surface area contributed by atoms with Gasteiger partial charge in [0.15, 0.2) is 0 Å². The molecule has 0 saturated carbocycles. The first-order chi connectivity index (χ1) is 11.8. The third-order valence-electron chi connectivity index (χ3n) is 4.08. The molecule has 24 heavy (non-hydrogen) atoms. The Morgan fingerprint density at radius 1 is 0.750 bits per heavy atom. The predicted molar refractivity (Wildman–Crippen MR) is 96.6 cm³/mol. The summed E-state index contributed by atoms with van der Waals surface area (Å²) >= 11 is 0. The summed E-state index contributed by atoms with van der Waals surface area (Å²) in [7, 11) is 0. The second-order valence-electron chi connectivity index (χ2n) is 5.54. The summed E-state index contributed by atoms with van der Waals surface area (Å²) in [5.41, 5.74) is 4.48. The first kappa shape index (κ1) is 14.3. The second kappa shape index (κ2) is 6.05. The third kappa shape index (κ3) is 2.57. The van der Waals surface area contributed by atoms with E-state index in [0.29, 0.717) is 0 Å². The van der Waals surface area contributed by atoms with E-state index in [1.165, 1.54) is 5.39 Å². The second-order valence-corrected chi connectivity index (χ2v) is 5.54. The zero-order chi connectivity index (χ0) is 16.4. The topological polar surface area (TPSA) is 42.9 Å². The Labute approximate surface area is 139 Å². The summed E-state index contributed by atoms with van der Waals surface area (Å²) in [5, 5.41) is 2.32. The fraction of sp³-hybridized carbons (Fsp3) is 0. The van der Waals surface area contributed by atoms with Crippen LogP contribution in [0.5, 0.6) is 0 Å². The number of benzene rings is 3. The fourth-order valence-corrected chi connectivity index (χ4v) is 2.91. The van der Waals surface area contributed by atoms with Crippen molar-refractivity contribution in [2.24, 2.45) is 0 Å². The van der Waals surface area contributed by atoms with Gasteiger partial charge in [-0.1, -0.05) is 42.5 Å². The smallest absolute Gasteiger partial charge is 0.143 e. The standard InChI is InChI=1S/C21H14N2O/c24-12-9-19(17-6-5-15-3-1-2-4-16(15)13-17)18-7-8-20-21(14-18)23-11-10-22-20/h1-14H. The molecule has 1 heterocycles. The van der Waals surface area contributed by atoms with E-state index in [1.54, 1.807) is 18.5 Å². The van der Waals surface area contributed by atoms with Gasteiger partial charge in [-0.05, 0) is 51.7 Å². The van der Waals surface area contributed by atoms with E-state index in [0.717, 1.165) is 39.4 Å². The third-order valence-corrected chi connectivity index (χ3v) is 4.08. The van der Waals surface area contributed by atoms with Crippen molar-refractivity contribution in [2.75, 3.05) is 0 Å². The van der Waals surface area contributed by atoms with Crippen LogP contribution < -0.4 is 0 Å². The molecule has 0 fully saturated rings. The molecule has 0 bridgehead atoms. The lowest BCUT2D eigenvalue weighted by Gasteiger charge is -2.10. The number of nitrogens with zero attached hydrogens (tertiary/aromatic N) is 2. The highest BCUT2D eigenvalue weighted by Gasteiger charge is 2.08. The van der Waals surface area contributed by atoms with Gasteiger partial charge in [-0.25, -0.2) is 0 Å². The number of aromatic nitrogens is 2. The maximum Gasteiger partial charge on any atom is 0.143 e. The van der Waals surface area contributed by atoms with Crippen LogP contribution in [0.1, 0.15) is 11.1 Å². The van der Waals surface area contributed by atoms with Gasteiger partial charge in [0, 0.05) is 12.4 Å². The van der Waals surface area contributed by atoms with E-state index < -0.39 is 0 Å². The number of aldehydes is 1. The Morgan fingerprint density at radius 3 is 2.29 bits per heavy atom. The van der Waals surface area contributed by atoms with E-state index in [-0.39, 0.29) is 0 Å². The molecule has 0 N–H and O–H groups in total. The molecule has 4 aromatic rings. The molecule has 0 aliphatic heterocycles. The fourth-order valence-electron chi connectivity index (χ4n) is 2.91. The summed E-state index contributed by atoms with van der Waals surface area (Å²) in [4.78, 5) is 19.8. The van der Waals surface area contributed by atoms with Crippen molar-refractivity contribution in [3.8, 4) is 0 Å². The van der Waals surface area contributed by atoms with Gasteiger partial charge in [0.2, 0.25) is 0 Å². The number of carbonyl (C=O) groups is 1. The molecule has 0 aliphatic carbocycles. The van der Waals surface area contributed by atoms with E-state index in [9.17, 15) is 4.79 Å². The molecule has 3 aromatic carbocycles. The van der Waals surface area contributed by atoms with E-state index >= 15 is 0 Å². The molecule has 1 aromatic heterocycles. The monoisotopic (exact) mass is 310 g/mol. The largest absolute Gasteiger partial charge is 0.299 e. The molecule has 0 unspecified atom stereocenters. The van der Waals surface area contributed by atoms with Gasteiger partial charge in [0.05, 0.1) is 11.0 Å². The Morgan fingerprint density at radius 2 is 1.46 bits per heavy atom. The molecule has 0 radical (unpaired) electrons. The lowest BCUT2D eigenvalue weighted by molar-refractivity contribution is -0.104. The molecule has 0 aliphatic rings. The highest BCUT2D eigenvalue weighted by atomic mass is 16.1. The Bertz CT molecular complexity index is 1000. The van der Waals surface area contributed by atoms with Gasteiger partial charge in [0.25, 0.3) is 0 Å². The summed E-state index contributed by atoms with van der Waals surface area (Å²) in [6, 6.07) is 20.3. The van der Waals surface area contributed by atoms with Crippen LogP contribution in [-0.4, -0.2) is 16.3 Å². The van der Waals surface area contributed by atoms with Crippen LogP contribution >= 0.6 is 0 Å². The van der Waals surface area contributed by atoms with Crippen molar-refractivity contribution in [3.63, 3.8) is 0 Å².